The molecule has 1 aromatic heterocycles. The molecular weight excluding hydrogens is 371 g/mol. The zero-order valence-corrected chi connectivity index (χ0v) is 13.1. The highest BCUT2D eigenvalue weighted by molar-refractivity contribution is 9.10. The van der Waals surface area contributed by atoms with E-state index in [-0.39, 0.29) is 10.0 Å². The van der Waals surface area contributed by atoms with Crippen LogP contribution in [-0.2, 0) is 0 Å². The van der Waals surface area contributed by atoms with Gasteiger partial charge in [-0.15, -0.1) is 0 Å². The quantitative estimate of drug-likeness (QED) is 0.871. The van der Waals surface area contributed by atoms with Gasteiger partial charge in [0.25, 0.3) is 0 Å². The van der Waals surface area contributed by atoms with Gasteiger partial charge >= 0.3 is 5.97 Å². The normalized spacial score (nSPS) is 10.6. The maximum atomic E-state index is 11.6. The lowest BCUT2D eigenvalue weighted by Gasteiger charge is -2.13. The molecule has 0 saturated heterocycles. The van der Waals surface area contributed by atoms with Crippen molar-refractivity contribution in [3.8, 4) is 5.69 Å². The van der Waals surface area contributed by atoms with Crippen LogP contribution in [0, 0.1) is 6.92 Å². The number of halogens is 3. The fraction of sp³-hybridized carbons (Fsp3) is 0.0833. The standard InChI is InChI=1S/C12H7BrCl2N2O3/c1-5-2-9(18)10(12(19)20)16-17(5)11-7(14)3-6(13)4-8(11)15/h2-4H,1H3,(H,19,20). The van der Waals surface area contributed by atoms with Crippen LogP contribution < -0.4 is 5.43 Å². The Morgan fingerprint density at radius 3 is 2.35 bits per heavy atom. The lowest BCUT2D eigenvalue weighted by molar-refractivity contribution is 0.0686. The van der Waals surface area contributed by atoms with Crippen molar-refractivity contribution < 1.29 is 9.90 Å². The van der Waals surface area contributed by atoms with Crippen molar-refractivity contribution in [3.05, 3.63) is 54.3 Å². The summed E-state index contributed by atoms with van der Waals surface area (Å²) in [6, 6.07) is 4.37. The highest BCUT2D eigenvalue weighted by atomic mass is 79.9. The van der Waals surface area contributed by atoms with Gasteiger partial charge in [-0.2, -0.15) is 5.10 Å². The predicted octanol–water partition coefficient (Wildman–Crippen LogP) is 3.31. The van der Waals surface area contributed by atoms with E-state index in [4.69, 9.17) is 28.3 Å². The Kier molecular flexibility index (Phi) is 4.17. The van der Waals surface area contributed by atoms with Gasteiger partial charge in [-0.3, -0.25) is 4.79 Å². The molecule has 0 radical (unpaired) electrons. The third kappa shape index (κ3) is 2.72. The van der Waals surface area contributed by atoms with E-state index in [2.05, 4.69) is 21.0 Å². The van der Waals surface area contributed by atoms with Gasteiger partial charge in [-0.05, 0) is 19.1 Å². The Hall–Kier alpha value is -1.37. The van der Waals surface area contributed by atoms with Crippen LogP contribution >= 0.6 is 39.1 Å². The van der Waals surface area contributed by atoms with Crippen LogP contribution in [-0.4, -0.2) is 20.9 Å². The highest BCUT2D eigenvalue weighted by Gasteiger charge is 2.17. The summed E-state index contributed by atoms with van der Waals surface area (Å²) in [5.41, 5.74) is -0.524. The van der Waals surface area contributed by atoms with Crippen LogP contribution in [0.1, 0.15) is 16.2 Å². The Morgan fingerprint density at radius 2 is 1.85 bits per heavy atom. The van der Waals surface area contributed by atoms with Gasteiger partial charge in [-0.1, -0.05) is 39.1 Å². The third-order valence-corrected chi connectivity index (χ3v) is 3.54. The van der Waals surface area contributed by atoms with Gasteiger partial charge in [0.1, 0.15) is 5.69 Å². The number of benzene rings is 1. The van der Waals surface area contributed by atoms with E-state index in [9.17, 15) is 9.59 Å². The Labute approximate surface area is 131 Å². The second-order valence-electron chi connectivity index (χ2n) is 3.93. The molecule has 104 valence electrons. The minimum absolute atomic E-state index is 0.278. The first-order valence-corrected chi connectivity index (χ1v) is 6.85. The first-order valence-electron chi connectivity index (χ1n) is 5.30. The van der Waals surface area contributed by atoms with Crippen LogP contribution in [0.15, 0.2) is 27.5 Å². The summed E-state index contributed by atoms with van der Waals surface area (Å²) in [5.74, 6) is -1.41. The summed E-state index contributed by atoms with van der Waals surface area (Å²) in [7, 11) is 0. The number of hydrogen-bond acceptors (Lipinski definition) is 3. The van der Waals surface area contributed by atoms with E-state index < -0.39 is 17.1 Å². The Balaban J connectivity index is 2.80. The average Bonchev–Trinajstić information content (AvgIpc) is 2.29. The Bertz CT molecular complexity index is 751. The van der Waals surface area contributed by atoms with E-state index in [1.807, 2.05) is 0 Å². The van der Waals surface area contributed by atoms with Gasteiger partial charge in [0.05, 0.1) is 10.0 Å². The maximum Gasteiger partial charge on any atom is 0.360 e. The molecule has 0 bridgehead atoms. The fourth-order valence-corrected chi connectivity index (χ4v) is 3.03. The summed E-state index contributed by atoms with van der Waals surface area (Å²) in [4.78, 5) is 22.6. The van der Waals surface area contributed by atoms with Crippen molar-refractivity contribution in [2.45, 2.75) is 6.92 Å². The zero-order valence-electron chi connectivity index (χ0n) is 10.0. The number of carbonyl (C=O) groups is 1. The number of carboxylic acid groups (broad SMARTS) is 1. The van der Waals surface area contributed by atoms with E-state index >= 15 is 0 Å². The molecule has 0 spiro atoms. The smallest absolute Gasteiger partial charge is 0.360 e. The number of carboxylic acids is 1. The molecule has 20 heavy (non-hydrogen) atoms. The van der Waals surface area contributed by atoms with Gasteiger partial charge in [0.15, 0.2) is 0 Å². The molecular formula is C12H7BrCl2N2O3. The second-order valence-corrected chi connectivity index (χ2v) is 5.66. The molecule has 1 N–H and O–H groups in total. The van der Waals surface area contributed by atoms with Crippen LogP contribution in [0.5, 0.6) is 0 Å². The number of rotatable bonds is 2. The summed E-state index contributed by atoms with van der Waals surface area (Å²) in [5, 5.41) is 13.3. The number of aryl methyl sites for hydroxylation is 1. The van der Waals surface area contributed by atoms with Crippen molar-refractivity contribution in [3.63, 3.8) is 0 Å². The van der Waals surface area contributed by atoms with E-state index in [0.717, 1.165) is 0 Å². The number of aromatic nitrogens is 2. The molecule has 0 atom stereocenters. The minimum Gasteiger partial charge on any atom is -0.476 e. The van der Waals surface area contributed by atoms with Crippen molar-refractivity contribution in [2.75, 3.05) is 0 Å². The molecule has 2 aromatic rings. The van der Waals surface area contributed by atoms with Crippen LogP contribution in [0.3, 0.4) is 0 Å². The lowest BCUT2D eigenvalue weighted by atomic mass is 10.3. The molecule has 0 amide bonds. The second kappa shape index (κ2) is 5.55. The lowest BCUT2D eigenvalue weighted by Crippen LogP contribution is -2.22. The van der Waals surface area contributed by atoms with E-state index in [0.29, 0.717) is 15.9 Å². The fourth-order valence-electron chi connectivity index (χ4n) is 1.66. The minimum atomic E-state index is -1.41. The van der Waals surface area contributed by atoms with Crippen LogP contribution in [0.2, 0.25) is 10.0 Å². The van der Waals surface area contributed by atoms with Crippen molar-refractivity contribution in [1.82, 2.24) is 9.78 Å². The van der Waals surface area contributed by atoms with Crippen LogP contribution in [0.25, 0.3) is 5.69 Å². The molecule has 0 unspecified atom stereocenters. The number of aromatic carboxylic acids is 1. The molecule has 0 saturated carbocycles. The monoisotopic (exact) mass is 376 g/mol. The van der Waals surface area contributed by atoms with Gasteiger partial charge < -0.3 is 5.11 Å². The maximum absolute atomic E-state index is 11.6. The molecule has 0 aliphatic carbocycles. The van der Waals surface area contributed by atoms with E-state index in [1.54, 1.807) is 19.1 Å². The van der Waals surface area contributed by atoms with Crippen molar-refractivity contribution >= 4 is 45.1 Å². The number of nitrogens with zero attached hydrogens (tertiary/aromatic N) is 2. The first-order chi connectivity index (χ1) is 9.31. The van der Waals surface area contributed by atoms with E-state index in [1.165, 1.54) is 10.7 Å². The topological polar surface area (TPSA) is 72.2 Å². The molecule has 0 aliphatic heterocycles. The molecule has 0 fully saturated rings. The predicted molar refractivity (Wildman–Crippen MR) is 79.3 cm³/mol. The largest absolute Gasteiger partial charge is 0.476 e. The zero-order chi connectivity index (χ0) is 15.0. The SMILES string of the molecule is Cc1cc(=O)c(C(=O)O)nn1-c1c(Cl)cc(Br)cc1Cl. The summed E-state index contributed by atoms with van der Waals surface area (Å²) in [6.45, 7) is 1.61. The molecule has 1 aromatic carbocycles. The Morgan fingerprint density at radius 1 is 1.30 bits per heavy atom. The van der Waals surface area contributed by atoms with Crippen molar-refractivity contribution in [2.24, 2.45) is 0 Å². The molecule has 1 heterocycles. The van der Waals surface area contributed by atoms with Crippen molar-refractivity contribution in [1.29, 1.82) is 0 Å². The van der Waals surface area contributed by atoms with Gasteiger partial charge in [0.2, 0.25) is 11.1 Å². The molecule has 8 heteroatoms. The number of hydrogen-bond donors (Lipinski definition) is 1. The molecule has 2 rings (SSSR count). The highest BCUT2D eigenvalue weighted by Crippen LogP contribution is 2.32. The summed E-state index contributed by atoms with van der Waals surface area (Å²) < 4.78 is 1.91. The third-order valence-electron chi connectivity index (χ3n) is 2.50. The average molecular weight is 378 g/mol. The summed E-state index contributed by atoms with van der Waals surface area (Å²) >= 11 is 15.5. The van der Waals surface area contributed by atoms with Gasteiger partial charge in [-0.25, -0.2) is 9.48 Å². The van der Waals surface area contributed by atoms with Gasteiger partial charge in [0, 0.05) is 16.2 Å². The molecule has 5 nitrogen and oxygen atoms in total. The van der Waals surface area contributed by atoms with Crippen LogP contribution in [0.4, 0.5) is 0 Å². The molecule has 0 aliphatic rings. The first kappa shape index (κ1) is 15.0. The summed E-state index contributed by atoms with van der Waals surface area (Å²) in [6.07, 6.45) is 0.